The Morgan fingerprint density at radius 2 is 1.74 bits per heavy atom. The summed E-state index contributed by atoms with van der Waals surface area (Å²) in [5.74, 6) is -0.412. The molecule has 0 saturated carbocycles. The average molecular weight is 331 g/mol. The van der Waals surface area contributed by atoms with Gasteiger partial charge in [-0.15, -0.1) is 0 Å². The third-order valence-corrected chi connectivity index (χ3v) is 3.60. The summed E-state index contributed by atoms with van der Waals surface area (Å²) < 4.78 is 0. The Hall–Kier alpha value is -2.33. The Labute approximate surface area is 140 Å². The van der Waals surface area contributed by atoms with E-state index in [2.05, 4.69) is 10.6 Å². The van der Waals surface area contributed by atoms with Gasteiger partial charge in [-0.05, 0) is 56.7 Å². The molecule has 0 fully saturated rings. The van der Waals surface area contributed by atoms with Crippen LogP contribution in [0.15, 0.2) is 42.5 Å². The van der Waals surface area contributed by atoms with Gasteiger partial charge in [0, 0.05) is 17.3 Å². The number of hydrogen-bond donors (Lipinski definition) is 2. The van der Waals surface area contributed by atoms with Crippen LogP contribution >= 0.6 is 11.6 Å². The van der Waals surface area contributed by atoms with Gasteiger partial charge in [-0.3, -0.25) is 9.59 Å². The zero-order valence-corrected chi connectivity index (χ0v) is 14.1. The van der Waals surface area contributed by atoms with E-state index in [1.807, 2.05) is 20.8 Å². The molecule has 0 unspecified atom stereocenters. The first kappa shape index (κ1) is 17.0. The molecule has 2 N–H and O–H groups in total. The van der Waals surface area contributed by atoms with Gasteiger partial charge in [0.05, 0.1) is 10.6 Å². The van der Waals surface area contributed by atoms with Crippen LogP contribution < -0.4 is 10.6 Å². The fourth-order valence-electron chi connectivity index (χ4n) is 2.13. The number of halogens is 1. The molecule has 0 spiro atoms. The van der Waals surface area contributed by atoms with Gasteiger partial charge < -0.3 is 10.6 Å². The third kappa shape index (κ3) is 4.33. The minimum Gasteiger partial charge on any atom is -0.350 e. The molecule has 0 aliphatic carbocycles. The van der Waals surface area contributed by atoms with Crippen LogP contribution in [0.5, 0.6) is 0 Å². The second kappa shape index (κ2) is 7.29. The molecule has 0 saturated heterocycles. The third-order valence-electron chi connectivity index (χ3n) is 3.28. The van der Waals surface area contributed by atoms with Crippen LogP contribution in [-0.4, -0.2) is 17.9 Å². The Kier molecular flexibility index (Phi) is 5.40. The molecule has 5 heteroatoms. The van der Waals surface area contributed by atoms with Gasteiger partial charge in [0.15, 0.2) is 0 Å². The number of rotatable bonds is 4. The highest BCUT2D eigenvalue weighted by Gasteiger charge is 2.13. The van der Waals surface area contributed by atoms with E-state index in [0.717, 1.165) is 5.56 Å². The van der Waals surface area contributed by atoms with Crippen LogP contribution in [0.25, 0.3) is 0 Å². The Balaban J connectivity index is 2.17. The van der Waals surface area contributed by atoms with E-state index in [1.165, 1.54) is 0 Å². The first-order chi connectivity index (χ1) is 10.9. The number of anilines is 1. The van der Waals surface area contributed by atoms with Crippen molar-refractivity contribution in [2.24, 2.45) is 0 Å². The Morgan fingerprint density at radius 3 is 2.35 bits per heavy atom. The van der Waals surface area contributed by atoms with Crippen LogP contribution in [0.1, 0.15) is 40.1 Å². The maximum atomic E-state index is 12.3. The van der Waals surface area contributed by atoms with Crippen LogP contribution in [0, 0.1) is 6.92 Å². The number of carbonyl (C=O) groups excluding carboxylic acids is 2. The van der Waals surface area contributed by atoms with Gasteiger partial charge in [-0.1, -0.05) is 23.7 Å². The van der Waals surface area contributed by atoms with Gasteiger partial charge in [-0.25, -0.2) is 0 Å². The van der Waals surface area contributed by atoms with Gasteiger partial charge in [0.1, 0.15) is 0 Å². The minimum atomic E-state index is -0.280. The summed E-state index contributed by atoms with van der Waals surface area (Å²) in [4.78, 5) is 24.3. The van der Waals surface area contributed by atoms with Crippen molar-refractivity contribution in [1.29, 1.82) is 0 Å². The molecule has 2 amide bonds. The van der Waals surface area contributed by atoms with Gasteiger partial charge in [0.2, 0.25) is 0 Å². The van der Waals surface area contributed by atoms with Crippen LogP contribution in [0.3, 0.4) is 0 Å². The predicted octanol–water partition coefficient (Wildman–Crippen LogP) is 4.04. The highest BCUT2D eigenvalue weighted by atomic mass is 35.5. The zero-order valence-electron chi connectivity index (χ0n) is 13.3. The minimum absolute atomic E-state index is 0.0717. The molecule has 0 bridgehead atoms. The molecule has 23 heavy (non-hydrogen) atoms. The highest BCUT2D eigenvalue weighted by molar-refractivity contribution is 6.34. The molecule has 0 heterocycles. The number of amides is 2. The van der Waals surface area contributed by atoms with Crippen molar-refractivity contribution < 1.29 is 9.59 Å². The van der Waals surface area contributed by atoms with Crippen molar-refractivity contribution in [1.82, 2.24) is 5.32 Å². The standard InChI is InChI=1S/C18H19ClN2O2/c1-11(2)20-17(22)13-8-9-16(12(3)10-13)21-18(23)14-6-4-5-7-15(14)19/h4-11H,1-3H3,(H,20,22)(H,21,23). The smallest absolute Gasteiger partial charge is 0.257 e. The summed E-state index contributed by atoms with van der Waals surface area (Å²) in [5, 5.41) is 6.05. The largest absolute Gasteiger partial charge is 0.350 e. The fraction of sp³-hybridized carbons (Fsp3) is 0.222. The summed E-state index contributed by atoms with van der Waals surface area (Å²) in [7, 11) is 0. The Morgan fingerprint density at radius 1 is 1.04 bits per heavy atom. The molecule has 4 nitrogen and oxygen atoms in total. The lowest BCUT2D eigenvalue weighted by Crippen LogP contribution is -2.30. The van der Waals surface area contributed by atoms with E-state index < -0.39 is 0 Å². The van der Waals surface area contributed by atoms with E-state index in [1.54, 1.807) is 42.5 Å². The van der Waals surface area contributed by atoms with E-state index in [0.29, 0.717) is 21.8 Å². The number of aryl methyl sites for hydroxylation is 1. The summed E-state index contributed by atoms with van der Waals surface area (Å²) in [6.45, 7) is 5.65. The number of nitrogens with one attached hydrogen (secondary N) is 2. The van der Waals surface area contributed by atoms with Crippen molar-refractivity contribution in [3.05, 3.63) is 64.2 Å². The predicted molar refractivity (Wildman–Crippen MR) is 93.2 cm³/mol. The fourth-order valence-corrected chi connectivity index (χ4v) is 2.35. The van der Waals surface area contributed by atoms with E-state index >= 15 is 0 Å². The lowest BCUT2D eigenvalue weighted by Gasteiger charge is -2.12. The van der Waals surface area contributed by atoms with Gasteiger partial charge >= 0.3 is 0 Å². The molecule has 2 rings (SSSR count). The summed E-state index contributed by atoms with van der Waals surface area (Å²) >= 11 is 6.03. The molecule has 0 atom stereocenters. The van der Waals surface area contributed by atoms with Crippen molar-refractivity contribution in [3.63, 3.8) is 0 Å². The molecular weight excluding hydrogens is 312 g/mol. The average Bonchev–Trinajstić information content (AvgIpc) is 2.48. The lowest BCUT2D eigenvalue weighted by atomic mass is 10.1. The zero-order chi connectivity index (χ0) is 17.0. The number of carbonyl (C=O) groups is 2. The second-order valence-corrected chi connectivity index (χ2v) is 6.00. The number of hydrogen-bond acceptors (Lipinski definition) is 2. The van der Waals surface area contributed by atoms with Gasteiger partial charge in [0.25, 0.3) is 11.8 Å². The van der Waals surface area contributed by atoms with Crippen molar-refractivity contribution in [3.8, 4) is 0 Å². The SMILES string of the molecule is Cc1cc(C(=O)NC(C)C)ccc1NC(=O)c1ccccc1Cl. The summed E-state index contributed by atoms with van der Waals surface area (Å²) in [5.41, 5.74) is 2.43. The van der Waals surface area contributed by atoms with Crippen LogP contribution in [0.2, 0.25) is 5.02 Å². The topological polar surface area (TPSA) is 58.2 Å². The normalized spacial score (nSPS) is 10.5. The first-order valence-corrected chi connectivity index (χ1v) is 7.73. The maximum absolute atomic E-state index is 12.3. The molecule has 0 aliphatic rings. The van der Waals surface area contributed by atoms with Crippen molar-refractivity contribution >= 4 is 29.1 Å². The second-order valence-electron chi connectivity index (χ2n) is 5.59. The van der Waals surface area contributed by atoms with E-state index in [9.17, 15) is 9.59 Å². The lowest BCUT2D eigenvalue weighted by molar-refractivity contribution is 0.0942. The highest BCUT2D eigenvalue weighted by Crippen LogP contribution is 2.20. The molecule has 0 aromatic heterocycles. The molecular formula is C18H19ClN2O2. The quantitative estimate of drug-likeness (QED) is 0.888. The summed E-state index contributed by atoms with van der Waals surface area (Å²) in [6.07, 6.45) is 0. The molecule has 120 valence electrons. The monoisotopic (exact) mass is 330 g/mol. The molecule has 0 radical (unpaired) electrons. The van der Waals surface area contributed by atoms with Crippen molar-refractivity contribution in [2.75, 3.05) is 5.32 Å². The summed E-state index contributed by atoms with van der Waals surface area (Å²) in [6, 6.07) is 12.1. The molecule has 2 aromatic rings. The van der Waals surface area contributed by atoms with E-state index in [4.69, 9.17) is 11.6 Å². The maximum Gasteiger partial charge on any atom is 0.257 e. The van der Waals surface area contributed by atoms with Crippen molar-refractivity contribution in [2.45, 2.75) is 26.8 Å². The van der Waals surface area contributed by atoms with Crippen LogP contribution in [-0.2, 0) is 0 Å². The molecule has 0 aliphatic heterocycles. The Bertz CT molecular complexity index is 742. The molecule has 2 aromatic carbocycles. The number of benzene rings is 2. The van der Waals surface area contributed by atoms with E-state index in [-0.39, 0.29) is 17.9 Å². The van der Waals surface area contributed by atoms with Gasteiger partial charge in [-0.2, -0.15) is 0 Å². The first-order valence-electron chi connectivity index (χ1n) is 7.36. The van der Waals surface area contributed by atoms with Crippen LogP contribution in [0.4, 0.5) is 5.69 Å².